The van der Waals surface area contributed by atoms with Gasteiger partial charge in [-0.3, -0.25) is 4.79 Å². The lowest BCUT2D eigenvalue weighted by Gasteiger charge is -2.32. The predicted molar refractivity (Wildman–Crippen MR) is 134 cm³/mol. The zero-order chi connectivity index (χ0) is 23.7. The van der Waals surface area contributed by atoms with E-state index in [0.717, 1.165) is 48.6 Å². The normalized spacial score (nSPS) is 14.6. The molecule has 8 heteroatoms. The van der Waals surface area contributed by atoms with Gasteiger partial charge in [-0.25, -0.2) is 15.0 Å². The Kier molecular flexibility index (Phi) is 5.98. The van der Waals surface area contributed by atoms with Gasteiger partial charge in [0.15, 0.2) is 22.8 Å². The van der Waals surface area contributed by atoms with E-state index in [4.69, 9.17) is 9.97 Å². The molecule has 0 spiro atoms. The Hall–Kier alpha value is -3.78. The minimum atomic E-state index is 0.0698. The Labute approximate surface area is 199 Å². The second-order valence-corrected chi connectivity index (χ2v) is 8.98. The lowest BCUT2D eigenvalue weighted by atomic mass is 10.1. The van der Waals surface area contributed by atoms with E-state index in [0.29, 0.717) is 17.2 Å². The van der Waals surface area contributed by atoms with Gasteiger partial charge in [0.2, 0.25) is 0 Å². The molecule has 34 heavy (non-hydrogen) atoms. The number of aromatic nitrogens is 4. The van der Waals surface area contributed by atoms with Crippen LogP contribution < -0.4 is 5.32 Å². The van der Waals surface area contributed by atoms with Gasteiger partial charge >= 0.3 is 0 Å². The third kappa shape index (κ3) is 4.36. The molecular formula is C26H29N7O. The number of benzene rings is 2. The molecule has 1 N–H and O–H groups in total. The van der Waals surface area contributed by atoms with E-state index in [1.807, 2.05) is 70.4 Å². The van der Waals surface area contributed by atoms with Crippen molar-refractivity contribution in [1.82, 2.24) is 29.3 Å². The summed E-state index contributed by atoms with van der Waals surface area (Å²) >= 11 is 0. The van der Waals surface area contributed by atoms with E-state index >= 15 is 0 Å². The number of piperazine rings is 1. The van der Waals surface area contributed by atoms with Gasteiger partial charge in [-0.15, -0.1) is 0 Å². The van der Waals surface area contributed by atoms with E-state index in [2.05, 4.69) is 36.1 Å². The third-order valence-electron chi connectivity index (χ3n) is 6.19. The third-order valence-corrected chi connectivity index (χ3v) is 6.19. The van der Waals surface area contributed by atoms with Crippen LogP contribution in [0.5, 0.6) is 0 Å². The van der Waals surface area contributed by atoms with Crippen molar-refractivity contribution in [2.24, 2.45) is 0 Å². The number of imidazole rings is 1. The van der Waals surface area contributed by atoms with Crippen LogP contribution in [0.15, 0.2) is 60.9 Å². The van der Waals surface area contributed by atoms with E-state index in [-0.39, 0.29) is 11.9 Å². The Balaban J connectivity index is 1.49. The monoisotopic (exact) mass is 455 g/mol. The molecule has 0 aliphatic carbocycles. The topological polar surface area (TPSA) is 79.2 Å². The first-order valence-corrected chi connectivity index (χ1v) is 11.6. The number of nitrogens with one attached hydrogen (secondary N) is 1. The predicted octanol–water partition coefficient (Wildman–Crippen LogP) is 4.21. The summed E-state index contributed by atoms with van der Waals surface area (Å²) in [5, 5.41) is 3.39. The Bertz CT molecular complexity index is 1290. The smallest absolute Gasteiger partial charge is 0.253 e. The maximum Gasteiger partial charge on any atom is 0.253 e. The van der Waals surface area contributed by atoms with Crippen molar-refractivity contribution in [3.05, 3.63) is 66.5 Å². The highest BCUT2D eigenvalue weighted by Gasteiger charge is 2.21. The molecule has 1 aliphatic heterocycles. The van der Waals surface area contributed by atoms with E-state index in [1.54, 1.807) is 0 Å². The van der Waals surface area contributed by atoms with Gasteiger partial charge in [0.25, 0.3) is 5.91 Å². The second-order valence-electron chi connectivity index (χ2n) is 8.98. The molecule has 0 unspecified atom stereocenters. The van der Waals surface area contributed by atoms with Crippen LogP contribution in [-0.4, -0.2) is 68.5 Å². The number of carbonyl (C=O) groups excluding carboxylic acids is 1. The molecule has 3 heterocycles. The van der Waals surface area contributed by atoms with Crippen LogP contribution in [0.4, 0.5) is 11.5 Å². The number of nitrogens with zero attached hydrogens (tertiary/aromatic N) is 6. The number of hydrogen-bond acceptors (Lipinski definition) is 6. The summed E-state index contributed by atoms with van der Waals surface area (Å²) in [7, 11) is 2.08. The standard InChI is InChI=1S/C26H29N7O/c1-18(2)33-17-27-22-24(28-21-7-5-4-6-8-21)29-23(30-25(22)33)19-9-11-20(12-10-19)26(34)32-15-13-31(3)14-16-32/h4-12,17-18H,13-16H2,1-3H3,(H,28,29,30). The molecule has 0 radical (unpaired) electrons. The molecule has 0 bridgehead atoms. The molecule has 1 amide bonds. The fraction of sp³-hybridized carbons (Fsp3) is 0.308. The largest absolute Gasteiger partial charge is 0.338 e. The first-order valence-electron chi connectivity index (χ1n) is 11.6. The van der Waals surface area contributed by atoms with Gasteiger partial charge in [0, 0.05) is 49.0 Å². The summed E-state index contributed by atoms with van der Waals surface area (Å²) in [6.45, 7) is 7.52. The number of rotatable bonds is 5. The molecule has 0 atom stereocenters. The number of anilines is 2. The van der Waals surface area contributed by atoms with Gasteiger partial charge in [-0.1, -0.05) is 30.3 Å². The summed E-state index contributed by atoms with van der Waals surface area (Å²) in [6.07, 6.45) is 1.81. The highest BCUT2D eigenvalue weighted by atomic mass is 16.2. The number of likely N-dealkylation sites (N-methyl/N-ethyl adjacent to an activating group) is 1. The number of para-hydroxylation sites is 1. The van der Waals surface area contributed by atoms with Crippen LogP contribution in [0.1, 0.15) is 30.2 Å². The molecule has 0 saturated carbocycles. The molecule has 174 valence electrons. The Morgan fingerprint density at radius 3 is 2.32 bits per heavy atom. The summed E-state index contributed by atoms with van der Waals surface area (Å²) < 4.78 is 2.04. The fourth-order valence-corrected chi connectivity index (χ4v) is 4.12. The van der Waals surface area contributed by atoms with E-state index in [9.17, 15) is 4.79 Å². The SMILES string of the molecule is CC(C)n1cnc2c(Nc3ccccc3)nc(-c3ccc(C(=O)N4CCN(C)CC4)cc3)nc21. The summed E-state index contributed by atoms with van der Waals surface area (Å²) in [4.78, 5) is 31.3. The van der Waals surface area contributed by atoms with E-state index in [1.165, 1.54) is 0 Å². The van der Waals surface area contributed by atoms with Crippen LogP contribution in [-0.2, 0) is 0 Å². The molecule has 1 saturated heterocycles. The molecule has 2 aromatic heterocycles. The zero-order valence-corrected chi connectivity index (χ0v) is 19.8. The minimum absolute atomic E-state index is 0.0698. The molecular weight excluding hydrogens is 426 g/mol. The van der Waals surface area contributed by atoms with Crippen molar-refractivity contribution in [3.63, 3.8) is 0 Å². The maximum atomic E-state index is 12.9. The molecule has 2 aromatic carbocycles. The first-order chi connectivity index (χ1) is 16.5. The molecule has 5 rings (SSSR count). The van der Waals surface area contributed by atoms with Crippen LogP contribution in [0.2, 0.25) is 0 Å². The van der Waals surface area contributed by atoms with Crippen molar-refractivity contribution in [1.29, 1.82) is 0 Å². The summed E-state index contributed by atoms with van der Waals surface area (Å²) in [5.74, 6) is 1.32. The number of hydrogen-bond donors (Lipinski definition) is 1. The Morgan fingerprint density at radius 1 is 0.941 bits per heavy atom. The van der Waals surface area contributed by atoms with Crippen LogP contribution in [0.25, 0.3) is 22.6 Å². The number of carbonyl (C=O) groups is 1. The van der Waals surface area contributed by atoms with Crippen molar-refractivity contribution in [3.8, 4) is 11.4 Å². The van der Waals surface area contributed by atoms with Gasteiger partial charge in [0.05, 0.1) is 6.33 Å². The van der Waals surface area contributed by atoms with Gasteiger partial charge in [0.1, 0.15) is 0 Å². The quantitative estimate of drug-likeness (QED) is 0.486. The van der Waals surface area contributed by atoms with Crippen molar-refractivity contribution in [2.45, 2.75) is 19.9 Å². The fourth-order valence-electron chi connectivity index (χ4n) is 4.12. The molecule has 8 nitrogen and oxygen atoms in total. The molecule has 4 aromatic rings. The van der Waals surface area contributed by atoms with Crippen LogP contribution in [0, 0.1) is 0 Å². The average Bonchev–Trinajstić information content (AvgIpc) is 3.30. The van der Waals surface area contributed by atoms with Crippen LogP contribution >= 0.6 is 0 Å². The maximum absolute atomic E-state index is 12.9. The second kappa shape index (κ2) is 9.23. The number of amides is 1. The van der Waals surface area contributed by atoms with Crippen molar-refractivity contribution < 1.29 is 4.79 Å². The number of fused-ring (bicyclic) bond motifs is 1. The van der Waals surface area contributed by atoms with Crippen LogP contribution in [0.3, 0.4) is 0 Å². The highest BCUT2D eigenvalue weighted by molar-refractivity contribution is 5.95. The minimum Gasteiger partial charge on any atom is -0.338 e. The van der Waals surface area contributed by atoms with Gasteiger partial charge < -0.3 is 19.7 Å². The summed E-state index contributed by atoms with van der Waals surface area (Å²) in [6, 6.07) is 17.7. The van der Waals surface area contributed by atoms with Crippen molar-refractivity contribution in [2.75, 3.05) is 38.5 Å². The molecule has 1 aliphatic rings. The highest BCUT2D eigenvalue weighted by Crippen LogP contribution is 2.28. The average molecular weight is 456 g/mol. The lowest BCUT2D eigenvalue weighted by Crippen LogP contribution is -2.47. The van der Waals surface area contributed by atoms with Gasteiger partial charge in [-0.05, 0) is 45.2 Å². The lowest BCUT2D eigenvalue weighted by molar-refractivity contribution is 0.0664. The van der Waals surface area contributed by atoms with Crippen molar-refractivity contribution >= 4 is 28.6 Å². The first kappa shape index (κ1) is 22.0. The zero-order valence-electron chi connectivity index (χ0n) is 19.8. The van der Waals surface area contributed by atoms with E-state index < -0.39 is 0 Å². The van der Waals surface area contributed by atoms with Gasteiger partial charge in [-0.2, -0.15) is 0 Å². The Morgan fingerprint density at radius 2 is 1.65 bits per heavy atom. The summed E-state index contributed by atoms with van der Waals surface area (Å²) in [5.41, 5.74) is 3.97. The molecule has 1 fully saturated rings.